The third-order valence-electron chi connectivity index (χ3n) is 3.88. The van der Waals surface area contributed by atoms with Gasteiger partial charge in [-0.3, -0.25) is 4.79 Å². The normalized spacial score (nSPS) is 10.6. The van der Waals surface area contributed by atoms with Crippen molar-refractivity contribution >= 4 is 11.6 Å². The van der Waals surface area contributed by atoms with Crippen LogP contribution >= 0.6 is 0 Å². The van der Waals surface area contributed by atoms with E-state index in [1.165, 1.54) is 0 Å². The summed E-state index contributed by atoms with van der Waals surface area (Å²) in [7, 11) is 0. The average Bonchev–Trinajstić information content (AvgIpc) is 3.04. The van der Waals surface area contributed by atoms with Gasteiger partial charge in [0.25, 0.3) is 5.91 Å². The Bertz CT molecular complexity index is 863. The minimum Gasteiger partial charge on any atom is -0.459 e. The molecule has 0 atom stereocenters. The lowest BCUT2D eigenvalue weighted by molar-refractivity contribution is 0.102. The fraction of sp³-hybridized carbons (Fsp3) is 0.150. The molecule has 1 aromatic heterocycles. The van der Waals surface area contributed by atoms with Crippen molar-refractivity contribution < 1.29 is 14.3 Å². The van der Waals surface area contributed by atoms with E-state index < -0.39 is 0 Å². The third-order valence-corrected chi connectivity index (χ3v) is 3.88. The molecule has 0 spiro atoms. The van der Waals surface area contributed by atoms with Crippen LogP contribution in [0.15, 0.2) is 59.0 Å². The number of rotatable bonds is 4. The van der Waals surface area contributed by atoms with E-state index in [2.05, 4.69) is 5.32 Å². The van der Waals surface area contributed by atoms with Crippen molar-refractivity contribution in [2.45, 2.75) is 20.5 Å². The maximum absolute atomic E-state index is 12.3. The molecule has 2 N–H and O–H groups in total. The lowest BCUT2D eigenvalue weighted by Gasteiger charge is -2.09. The summed E-state index contributed by atoms with van der Waals surface area (Å²) in [5.74, 6) is 1.09. The Balaban J connectivity index is 1.79. The molecule has 0 fully saturated rings. The van der Waals surface area contributed by atoms with Gasteiger partial charge in [-0.1, -0.05) is 17.7 Å². The molecule has 1 amide bonds. The predicted octanol–water partition coefficient (Wildman–Crippen LogP) is 4.31. The highest BCUT2D eigenvalue weighted by Gasteiger charge is 2.10. The summed E-state index contributed by atoms with van der Waals surface area (Å²) in [6.07, 6.45) is 0. The number of carbonyl (C=O) groups is 1. The van der Waals surface area contributed by atoms with Gasteiger partial charge < -0.3 is 14.8 Å². The fourth-order valence-electron chi connectivity index (χ4n) is 2.53. The Morgan fingerprint density at radius 2 is 1.79 bits per heavy atom. The highest BCUT2D eigenvalue weighted by molar-refractivity contribution is 6.04. The van der Waals surface area contributed by atoms with E-state index >= 15 is 0 Å². The van der Waals surface area contributed by atoms with Crippen molar-refractivity contribution in [3.63, 3.8) is 0 Å². The van der Waals surface area contributed by atoms with Crippen molar-refractivity contribution in [3.8, 4) is 11.3 Å². The number of carbonyl (C=O) groups excluding carboxylic acids is 1. The molecule has 0 saturated heterocycles. The number of hydrogen-bond acceptors (Lipinski definition) is 3. The van der Waals surface area contributed by atoms with Gasteiger partial charge in [0.1, 0.15) is 18.1 Å². The van der Waals surface area contributed by atoms with Gasteiger partial charge >= 0.3 is 0 Å². The molecular weight excluding hydrogens is 302 g/mol. The Morgan fingerprint density at radius 3 is 2.42 bits per heavy atom. The molecule has 3 aromatic rings. The zero-order chi connectivity index (χ0) is 17.1. The first-order valence-corrected chi connectivity index (χ1v) is 7.75. The highest BCUT2D eigenvalue weighted by atomic mass is 16.4. The minimum absolute atomic E-state index is 0.121. The lowest BCUT2D eigenvalue weighted by Crippen LogP contribution is -2.11. The molecule has 1 heterocycles. The quantitative estimate of drug-likeness (QED) is 0.753. The Labute approximate surface area is 140 Å². The monoisotopic (exact) mass is 321 g/mol. The molecule has 0 unspecified atom stereocenters. The van der Waals surface area contributed by atoms with Gasteiger partial charge in [-0.15, -0.1) is 0 Å². The highest BCUT2D eigenvalue weighted by Crippen LogP contribution is 2.28. The number of furan rings is 1. The van der Waals surface area contributed by atoms with Gasteiger partial charge in [0.05, 0.1) is 0 Å². The van der Waals surface area contributed by atoms with Crippen molar-refractivity contribution in [1.29, 1.82) is 0 Å². The lowest BCUT2D eigenvalue weighted by atomic mass is 10.1. The second-order valence-electron chi connectivity index (χ2n) is 5.77. The predicted molar refractivity (Wildman–Crippen MR) is 93.9 cm³/mol. The smallest absolute Gasteiger partial charge is 0.255 e. The number of nitrogens with one attached hydrogen (secondary N) is 1. The summed E-state index contributed by atoms with van der Waals surface area (Å²) >= 11 is 0. The van der Waals surface area contributed by atoms with E-state index in [1.807, 2.05) is 62.4 Å². The maximum atomic E-state index is 12.3. The topological polar surface area (TPSA) is 62.5 Å². The van der Waals surface area contributed by atoms with Gasteiger partial charge in [0.15, 0.2) is 0 Å². The first-order valence-electron chi connectivity index (χ1n) is 7.75. The number of benzene rings is 2. The molecule has 3 rings (SSSR count). The number of amides is 1. The standard InChI is InChI=1S/C20H19NO3/c1-13-3-5-15(6-4-13)20(23)21-16-7-9-18(14(2)11-16)19-10-8-17(12-22)24-19/h3-11,22H,12H2,1-2H3,(H,21,23). The van der Waals surface area contributed by atoms with Crippen molar-refractivity contribution in [1.82, 2.24) is 0 Å². The first-order chi connectivity index (χ1) is 11.6. The largest absolute Gasteiger partial charge is 0.459 e. The zero-order valence-electron chi connectivity index (χ0n) is 13.7. The van der Waals surface area contributed by atoms with Gasteiger partial charge in [-0.05, 0) is 61.9 Å². The van der Waals surface area contributed by atoms with E-state index in [9.17, 15) is 4.79 Å². The Hall–Kier alpha value is -2.85. The third kappa shape index (κ3) is 3.39. The van der Waals surface area contributed by atoms with Crippen LogP contribution in [-0.4, -0.2) is 11.0 Å². The Morgan fingerprint density at radius 1 is 1.04 bits per heavy atom. The van der Waals surface area contributed by atoms with Gasteiger partial charge in [-0.25, -0.2) is 0 Å². The summed E-state index contributed by atoms with van der Waals surface area (Å²) in [5.41, 5.74) is 4.39. The van der Waals surface area contributed by atoms with E-state index in [1.54, 1.807) is 6.07 Å². The molecular formula is C20H19NO3. The maximum Gasteiger partial charge on any atom is 0.255 e. The number of aryl methyl sites for hydroxylation is 2. The molecule has 0 aliphatic heterocycles. The van der Waals surface area contributed by atoms with Crippen LogP contribution in [0, 0.1) is 13.8 Å². The molecule has 24 heavy (non-hydrogen) atoms. The van der Waals surface area contributed by atoms with E-state index in [-0.39, 0.29) is 12.5 Å². The van der Waals surface area contributed by atoms with Crippen LogP contribution in [0.5, 0.6) is 0 Å². The van der Waals surface area contributed by atoms with E-state index in [0.717, 1.165) is 22.4 Å². The first kappa shape index (κ1) is 16.0. The van der Waals surface area contributed by atoms with Crippen LogP contribution in [0.25, 0.3) is 11.3 Å². The number of aliphatic hydroxyl groups is 1. The van der Waals surface area contributed by atoms with Crippen LogP contribution < -0.4 is 5.32 Å². The van der Waals surface area contributed by atoms with Crippen LogP contribution in [0.4, 0.5) is 5.69 Å². The molecule has 0 bridgehead atoms. The molecule has 0 aliphatic rings. The molecule has 0 radical (unpaired) electrons. The summed E-state index contributed by atoms with van der Waals surface area (Å²) in [6.45, 7) is 3.82. The number of hydrogen-bond donors (Lipinski definition) is 2. The van der Waals surface area contributed by atoms with Crippen molar-refractivity contribution in [3.05, 3.63) is 77.0 Å². The molecule has 0 aliphatic carbocycles. The van der Waals surface area contributed by atoms with Gasteiger partial charge in [0, 0.05) is 16.8 Å². The fourth-order valence-corrected chi connectivity index (χ4v) is 2.53. The molecule has 4 nitrogen and oxygen atoms in total. The van der Waals surface area contributed by atoms with Crippen molar-refractivity contribution in [2.75, 3.05) is 5.32 Å². The second kappa shape index (κ2) is 6.72. The molecule has 4 heteroatoms. The van der Waals surface area contributed by atoms with E-state index in [4.69, 9.17) is 9.52 Å². The minimum atomic E-state index is -0.136. The van der Waals surface area contributed by atoms with Crippen molar-refractivity contribution in [2.24, 2.45) is 0 Å². The number of aliphatic hydroxyl groups excluding tert-OH is 1. The van der Waals surface area contributed by atoms with Crippen LogP contribution in [0.1, 0.15) is 27.2 Å². The molecule has 122 valence electrons. The van der Waals surface area contributed by atoms with Gasteiger partial charge in [0.2, 0.25) is 0 Å². The summed E-state index contributed by atoms with van der Waals surface area (Å²) in [5, 5.41) is 12.0. The second-order valence-corrected chi connectivity index (χ2v) is 5.77. The van der Waals surface area contributed by atoms with E-state index in [0.29, 0.717) is 17.1 Å². The van der Waals surface area contributed by atoms with Crippen LogP contribution in [0.3, 0.4) is 0 Å². The molecule has 2 aromatic carbocycles. The average molecular weight is 321 g/mol. The summed E-state index contributed by atoms with van der Waals surface area (Å²) in [6, 6.07) is 16.7. The summed E-state index contributed by atoms with van der Waals surface area (Å²) < 4.78 is 5.56. The Kier molecular flexibility index (Phi) is 4.49. The zero-order valence-corrected chi connectivity index (χ0v) is 13.7. The number of anilines is 1. The van der Waals surface area contributed by atoms with Crippen LogP contribution in [-0.2, 0) is 6.61 Å². The summed E-state index contributed by atoms with van der Waals surface area (Å²) in [4.78, 5) is 12.3. The molecule has 0 saturated carbocycles. The van der Waals surface area contributed by atoms with Crippen LogP contribution in [0.2, 0.25) is 0 Å². The SMILES string of the molecule is Cc1ccc(C(=O)Nc2ccc(-c3ccc(CO)o3)c(C)c2)cc1. The van der Waals surface area contributed by atoms with Gasteiger partial charge in [-0.2, -0.15) is 0 Å².